The van der Waals surface area contributed by atoms with Crippen LogP contribution in [0, 0.1) is 0 Å². The minimum absolute atomic E-state index is 0.188. The van der Waals surface area contributed by atoms with Crippen LogP contribution in [0.2, 0.25) is 0 Å². The summed E-state index contributed by atoms with van der Waals surface area (Å²) in [6, 6.07) is 0. The summed E-state index contributed by atoms with van der Waals surface area (Å²) in [5.74, 6) is -1.19. The zero-order valence-corrected chi connectivity index (χ0v) is 39.0. The molecule has 2 heterocycles. The highest BCUT2D eigenvalue weighted by atomic mass is 16.7. The third-order valence-electron chi connectivity index (χ3n) is 11.7. The van der Waals surface area contributed by atoms with Crippen molar-refractivity contribution in [2.24, 2.45) is 0 Å². The lowest BCUT2D eigenvalue weighted by Crippen LogP contribution is -2.61. The normalized spacial score (nSPS) is 26.9. The van der Waals surface area contributed by atoms with Crippen molar-refractivity contribution in [3.05, 3.63) is 36.5 Å². The summed E-state index contributed by atoms with van der Waals surface area (Å²) in [7, 11) is 0. The number of aliphatic hydroxyl groups is 7. The molecule has 7 N–H and O–H groups in total. The van der Waals surface area contributed by atoms with Crippen LogP contribution in [0.5, 0.6) is 0 Å². The lowest BCUT2D eigenvalue weighted by atomic mass is 9.98. The Kier molecular flexibility index (Phi) is 33.3. The molecule has 0 aliphatic carbocycles. The van der Waals surface area contributed by atoms with Crippen molar-refractivity contribution in [2.45, 2.75) is 235 Å². The maximum Gasteiger partial charge on any atom is 0.331 e. The zero-order valence-electron chi connectivity index (χ0n) is 39.0. The monoisotopic (exact) mass is 915 g/mol. The molecule has 0 spiro atoms. The fourth-order valence-corrected chi connectivity index (χ4v) is 7.59. The van der Waals surface area contributed by atoms with Crippen LogP contribution in [0.3, 0.4) is 0 Å². The summed E-state index contributed by atoms with van der Waals surface area (Å²) in [5, 5.41) is 71.9. The number of aliphatic hydroxyl groups excluding tert-OH is 7. The van der Waals surface area contributed by atoms with Crippen LogP contribution in [0.15, 0.2) is 36.5 Å². The van der Waals surface area contributed by atoms with E-state index < -0.39 is 99.3 Å². The number of hydrogen-bond acceptors (Lipinski definition) is 15. The van der Waals surface area contributed by atoms with E-state index in [9.17, 15) is 45.3 Å². The molecule has 11 atom stereocenters. The van der Waals surface area contributed by atoms with Gasteiger partial charge in [-0.25, -0.2) is 4.79 Å². The second-order valence-corrected chi connectivity index (χ2v) is 17.4. The predicted molar refractivity (Wildman–Crippen MR) is 243 cm³/mol. The van der Waals surface area contributed by atoms with Gasteiger partial charge in [0.05, 0.1) is 19.8 Å². The van der Waals surface area contributed by atoms with E-state index in [1.54, 1.807) is 12.2 Å². The van der Waals surface area contributed by atoms with Gasteiger partial charge in [-0.3, -0.25) is 4.79 Å². The highest BCUT2D eigenvalue weighted by molar-refractivity contribution is 5.82. The molecule has 2 fully saturated rings. The van der Waals surface area contributed by atoms with Crippen molar-refractivity contribution in [1.29, 1.82) is 0 Å². The van der Waals surface area contributed by atoms with Crippen molar-refractivity contribution in [3.63, 3.8) is 0 Å². The summed E-state index contributed by atoms with van der Waals surface area (Å²) >= 11 is 0. The topological polar surface area (TPSA) is 231 Å². The van der Waals surface area contributed by atoms with Gasteiger partial charge in [0.15, 0.2) is 18.7 Å². The Labute approximate surface area is 383 Å². The van der Waals surface area contributed by atoms with Crippen molar-refractivity contribution < 1.29 is 73.8 Å². The first-order chi connectivity index (χ1) is 31.0. The van der Waals surface area contributed by atoms with E-state index >= 15 is 0 Å². The quantitative estimate of drug-likeness (QED) is 0.0122. The predicted octanol–water partition coefficient (Wildman–Crippen LogP) is 6.15. The van der Waals surface area contributed by atoms with Gasteiger partial charge in [0.1, 0.15) is 55.4 Å². The van der Waals surface area contributed by atoms with Gasteiger partial charge in [-0.15, -0.1) is 0 Å². The Morgan fingerprint density at radius 1 is 0.531 bits per heavy atom. The van der Waals surface area contributed by atoms with Crippen molar-refractivity contribution in [1.82, 2.24) is 0 Å². The number of hydrogen-bond donors (Lipinski definition) is 7. The summed E-state index contributed by atoms with van der Waals surface area (Å²) in [5.41, 5.74) is 0. The summed E-state index contributed by atoms with van der Waals surface area (Å²) in [6.07, 6.45) is 21.0. The van der Waals surface area contributed by atoms with Crippen molar-refractivity contribution in [2.75, 3.05) is 26.4 Å². The molecule has 0 aromatic carbocycles. The van der Waals surface area contributed by atoms with Crippen LogP contribution in [0.4, 0.5) is 0 Å². The Morgan fingerprint density at radius 3 is 1.56 bits per heavy atom. The van der Waals surface area contributed by atoms with E-state index in [-0.39, 0.29) is 13.0 Å². The van der Waals surface area contributed by atoms with E-state index in [1.807, 2.05) is 6.08 Å². The molecule has 0 bridgehead atoms. The number of ether oxygens (including phenoxy) is 6. The van der Waals surface area contributed by atoms with Gasteiger partial charge >= 0.3 is 11.9 Å². The minimum atomic E-state index is -1.78. The molecule has 372 valence electrons. The summed E-state index contributed by atoms with van der Waals surface area (Å²) < 4.78 is 33.3. The molecule has 2 aliphatic rings. The Bertz CT molecular complexity index is 1260. The van der Waals surface area contributed by atoms with E-state index in [0.29, 0.717) is 6.42 Å². The SMILES string of the molecule is CCCCCC/C=C/CCCCCCCC(=O)OC[C@H](CO[C@@H]1O[C@H](CO[C@@H]2O[C@H](CO)[C@H](O)C(O)C2O)[C@H](O)C(O)C1O)OC(=O)/C=C/C=C/CCCCCCCCCCCCC. The van der Waals surface area contributed by atoms with Gasteiger partial charge in [-0.2, -0.15) is 0 Å². The zero-order chi connectivity index (χ0) is 46.8. The molecule has 0 saturated carbocycles. The van der Waals surface area contributed by atoms with E-state index in [2.05, 4.69) is 26.0 Å². The molecule has 15 heteroatoms. The van der Waals surface area contributed by atoms with E-state index in [4.69, 9.17) is 28.4 Å². The van der Waals surface area contributed by atoms with Gasteiger partial charge in [0, 0.05) is 12.5 Å². The lowest BCUT2D eigenvalue weighted by Gasteiger charge is -2.42. The molecule has 2 saturated heterocycles. The molecule has 2 aliphatic heterocycles. The molecule has 2 rings (SSSR count). The molecular weight excluding hydrogens is 829 g/mol. The summed E-state index contributed by atoms with van der Waals surface area (Å²) in [4.78, 5) is 25.6. The number of esters is 2. The Hall–Kier alpha value is -2.28. The highest BCUT2D eigenvalue weighted by Crippen LogP contribution is 2.26. The smallest absolute Gasteiger partial charge is 0.331 e. The number of carbonyl (C=O) groups excluding carboxylic acids is 2. The second kappa shape index (κ2) is 36.8. The largest absolute Gasteiger partial charge is 0.462 e. The Morgan fingerprint density at radius 2 is 1.00 bits per heavy atom. The average Bonchev–Trinajstić information content (AvgIpc) is 3.29. The van der Waals surface area contributed by atoms with Crippen LogP contribution >= 0.6 is 0 Å². The molecule has 0 aromatic rings. The molecule has 0 radical (unpaired) electrons. The van der Waals surface area contributed by atoms with Gasteiger partial charge < -0.3 is 64.2 Å². The van der Waals surface area contributed by atoms with Crippen molar-refractivity contribution >= 4 is 11.9 Å². The fourth-order valence-electron chi connectivity index (χ4n) is 7.59. The van der Waals surface area contributed by atoms with Crippen molar-refractivity contribution in [3.8, 4) is 0 Å². The third-order valence-corrected chi connectivity index (χ3v) is 11.7. The lowest BCUT2D eigenvalue weighted by molar-refractivity contribution is -0.332. The minimum Gasteiger partial charge on any atom is -0.462 e. The number of unbranched alkanes of at least 4 members (excludes halogenated alkanes) is 20. The highest BCUT2D eigenvalue weighted by Gasteiger charge is 2.47. The molecule has 4 unspecified atom stereocenters. The van der Waals surface area contributed by atoms with Gasteiger partial charge in [-0.05, 0) is 44.9 Å². The van der Waals surface area contributed by atoms with Gasteiger partial charge in [-0.1, -0.05) is 147 Å². The molecule has 0 aromatic heterocycles. The number of carbonyl (C=O) groups is 2. The first kappa shape index (κ1) is 57.8. The maximum absolute atomic E-state index is 12.9. The van der Waals surface area contributed by atoms with E-state index in [1.165, 1.54) is 89.5 Å². The maximum atomic E-state index is 12.9. The first-order valence-electron chi connectivity index (χ1n) is 24.6. The van der Waals surface area contributed by atoms with Gasteiger partial charge in [0.25, 0.3) is 0 Å². The molecular formula is C49H86O15. The fraction of sp³-hybridized carbons (Fsp3) is 0.837. The molecule has 15 nitrogen and oxygen atoms in total. The standard InChI is InChI=1S/C49H86O15/c1-3-5-7-9-11-13-15-17-18-20-22-24-26-28-30-32-41(52)62-37(34-59-40(51)31-29-27-25-23-21-19-16-14-12-10-8-6-4-2)35-60-48-47(58)45(56)43(54)39(64-48)36-61-49-46(57)44(55)42(53)38(33-50)63-49/h14,16,26,28,30,32,37-39,42-50,53-58H,3-13,15,17-25,27,29,31,33-36H2,1-2H3/b16-14+,28-26+,32-30+/t37-,38-,39-,42+,43+,44?,45?,46?,47?,48-,49-/m1/s1. The van der Waals surface area contributed by atoms with Crippen LogP contribution in [-0.4, -0.2) is 142 Å². The van der Waals surface area contributed by atoms with Gasteiger partial charge in [0.2, 0.25) is 0 Å². The van der Waals surface area contributed by atoms with Crippen LogP contribution in [0.1, 0.15) is 168 Å². The van der Waals surface area contributed by atoms with Crippen LogP contribution in [0.25, 0.3) is 0 Å². The third kappa shape index (κ3) is 25.0. The average molecular weight is 915 g/mol. The van der Waals surface area contributed by atoms with Crippen LogP contribution < -0.4 is 0 Å². The molecule has 0 amide bonds. The van der Waals surface area contributed by atoms with E-state index in [0.717, 1.165) is 57.8 Å². The second-order valence-electron chi connectivity index (χ2n) is 17.4. The number of rotatable bonds is 37. The Balaban J connectivity index is 1.87. The van der Waals surface area contributed by atoms with Crippen LogP contribution in [-0.2, 0) is 38.0 Å². The number of allylic oxidation sites excluding steroid dienone is 5. The summed E-state index contributed by atoms with van der Waals surface area (Å²) in [6.45, 7) is 2.44. The first-order valence-corrected chi connectivity index (χ1v) is 24.6. The molecule has 64 heavy (non-hydrogen) atoms.